The van der Waals surface area contributed by atoms with Crippen LogP contribution >= 0.6 is 0 Å². The summed E-state index contributed by atoms with van der Waals surface area (Å²) in [5.74, 6) is 1.69. The van der Waals surface area contributed by atoms with E-state index in [1.807, 2.05) is 0 Å². The van der Waals surface area contributed by atoms with Gasteiger partial charge in [0.1, 0.15) is 0 Å². The van der Waals surface area contributed by atoms with Gasteiger partial charge in [0.15, 0.2) is 0 Å². The van der Waals surface area contributed by atoms with Crippen LogP contribution in [0.1, 0.15) is 101 Å². The molecule has 0 aliphatic carbocycles. The van der Waals surface area contributed by atoms with Gasteiger partial charge in [-0.2, -0.15) is 0 Å². The number of hydrogen-bond acceptors (Lipinski definition) is 0. The maximum atomic E-state index is 2.55. The summed E-state index contributed by atoms with van der Waals surface area (Å²) in [4.78, 5) is 0. The molecular formula is C21H42. The van der Waals surface area contributed by atoms with E-state index >= 15 is 0 Å². The predicted octanol–water partition coefficient (Wildman–Crippen LogP) is 7.64. The van der Waals surface area contributed by atoms with Crippen LogP contribution in [-0.4, -0.2) is 0 Å². The fourth-order valence-corrected chi connectivity index (χ4v) is 3.82. The lowest BCUT2D eigenvalue weighted by molar-refractivity contribution is 0.0335. The van der Waals surface area contributed by atoms with E-state index in [1.165, 1.54) is 44.1 Å². The highest BCUT2D eigenvalue weighted by Crippen LogP contribution is 2.51. The molecule has 0 heterocycles. The smallest absolute Gasteiger partial charge is 0.0235 e. The van der Waals surface area contributed by atoms with Crippen LogP contribution < -0.4 is 0 Å². The molecular weight excluding hydrogens is 252 g/mol. The third-order valence-electron chi connectivity index (χ3n) is 6.28. The van der Waals surface area contributed by atoms with Crippen molar-refractivity contribution in [1.29, 1.82) is 0 Å². The Morgan fingerprint density at radius 2 is 1.43 bits per heavy atom. The molecule has 0 radical (unpaired) electrons. The highest BCUT2D eigenvalue weighted by Gasteiger charge is 2.41. The Balaban J connectivity index is 5.17. The third-order valence-corrected chi connectivity index (χ3v) is 6.28. The van der Waals surface area contributed by atoms with Crippen LogP contribution in [0.5, 0.6) is 0 Å². The second kappa shape index (κ2) is 9.01. The van der Waals surface area contributed by atoms with Gasteiger partial charge < -0.3 is 0 Å². The number of allylic oxidation sites excluding steroid dienone is 2. The first-order valence-electron chi connectivity index (χ1n) is 9.27. The molecule has 0 N–H and O–H groups in total. The Morgan fingerprint density at radius 1 is 0.905 bits per heavy atom. The SMILES string of the molecule is CCC(C)CC(C)CC(C)(CC=C(C)C)C(C)(CC)CC. The van der Waals surface area contributed by atoms with Crippen molar-refractivity contribution < 1.29 is 0 Å². The summed E-state index contributed by atoms with van der Waals surface area (Å²) in [7, 11) is 0. The van der Waals surface area contributed by atoms with E-state index in [9.17, 15) is 0 Å². The monoisotopic (exact) mass is 294 g/mol. The Hall–Kier alpha value is -0.260. The number of rotatable bonds is 10. The largest absolute Gasteiger partial charge is 0.0853 e. The van der Waals surface area contributed by atoms with E-state index in [2.05, 4.69) is 68.4 Å². The van der Waals surface area contributed by atoms with Crippen molar-refractivity contribution >= 4 is 0 Å². The molecule has 0 aliphatic rings. The highest BCUT2D eigenvalue weighted by atomic mass is 14.5. The second-order valence-corrected chi connectivity index (χ2v) is 8.37. The first-order valence-corrected chi connectivity index (χ1v) is 9.27. The Labute approximate surface area is 135 Å². The van der Waals surface area contributed by atoms with Crippen molar-refractivity contribution in [3.63, 3.8) is 0 Å². The Morgan fingerprint density at radius 3 is 1.81 bits per heavy atom. The van der Waals surface area contributed by atoms with Gasteiger partial charge in [0.25, 0.3) is 0 Å². The van der Waals surface area contributed by atoms with Crippen LogP contribution in [0.3, 0.4) is 0 Å². The lowest BCUT2D eigenvalue weighted by Crippen LogP contribution is -2.38. The van der Waals surface area contributed by atoms with Gasteiger partial charge in [-0.1, -0.05) is 79.4 Å². The van der Waals surface area contributed by atoms with Gasteiger partial charge in [-0.05, 0) is 55.8 Å². The molecule has 3 unspecified atom stereocenters. The van der Waals surface area contributed by atoms with E-state index < -0.39 is 0 Å². The zero-order valence-corrected chi connectivity index (χ0v) is 16.5. The summed E-state index contributed by atoms with van der Waals surface area (Å²) in [5.41, 5.74) is 2.33. The molecule has 21 heavy (non-hydrogen) atoms. The van der Waals surface area contributed by atoms with Gasteiger partial charge in [0.2, 0.25) is 0 Å². The van der Waals surface area contributed by atoms with Gasteiger partial charge in [-0.15, -0.1) is 0 Å². The molecule has 0 aromatic carbocycles. The average molecular weight is 295 g/mol. The molecule has 0 aromatic heterocycles. The van der Waals surface area contributed by atoms with Gasteiger partial charge in [-0.3, -0.25) is 0 Å². The highest BCUT2D eigenvalue weighted by molar-refractivity contribution is 5.02. The minimum absolute atomic E-state index is 0.417. The summed E-state index contributed by atoms with van der Waals surface area (Å²) in [6, 6.07) is 0. The van der Waals surface area contributed by atoms with Crippen molar-refractivity contribution in [3.05, 3.63) is 11.6 Å². The van der Waals surface area contributed by atoms with E-state index in [-0.39, 0.29) is 0 Å². The van der Waals surface area contributed by atoms with Crippen LogP contribution in [0.2, 0.25) is 0 Å². The minimum atomic E-state index is 0.417. The minimum Gasteiger partial charge on any atom is -0.0853 e. The molecule has 0 heteroatoms. The van der Waals surface area contributed by atoms with Gasteiger partial charge in [0.05, 0.1) is 0 Å². The normalized spacial score (nSPS) is 18.0. The summed E-state index contributed by atoms with van der Waals surface area (Å²) in [5, 5.41) is 0. The van der Waals surface area contributed by atoms with Gasteiger partial charge in [0, 0.05) is 0 Å². The van der Waals surface area contributed by atoms with Crippen molar-refractivity contribution in [2.75, 3.05) is 0 Å². The fraction of sp³-hybridized carbons (Fsp3) is 0.905. The van der Waals surface area contributed by atoms with E-state index in [0.29, 0.717) is 10.8 Å². The average Bonchev–Trinajstić information content (AvgIpc) is 2.43. The van der Waals surface area contributed by atoms with Crippen LogP contribution in [0.25, 0.3) is 0 Å². The summed E-state index contributed by atoms with van der Waals surface area (Å²) >= 11 is 0. The first-order chi connectivity index (χ1) is 9.64. The lowest BCUT2D eigenvalue weighted by Gasteiger charge is -2.48. The number of hydrogen-bond donors (Lipinski definition) is 0. The third kappa shape index (κ3) is 6.17. The molecule has 0 amide bonds. The summed E-state index contributed by atoms with van der Waals surface area (Å²) < 4.78 is 0. The van der Waals surface area contributed by atoms with Crippen LogP contribution in [-0.2, 0) is 0 Å². The fourth-order valence-electron chi connectivity index (χ4n) is 3.82. The molecule has 0 spiro atoms. The molecule has 0 rings (SSSR count). The Kier molecular flexibility index (Phi) is 8.90. The summed E-state index contributed by atoms with van der Waals surface area (Å²) in [6.45, 7) is 21.5. The maximum Gasteiger partial charge on any atom is -0.0235 e. The quantitative estimate of drug-likeness (QED) is 0.363. The standard InChI is InChI=1S/C21H42/c1-10-18(6)15-19(7)16-21(9,14-13-17(4)5)20(8,11-2)12-3/h13,18-19H,10-12,14-16H2,1-9H3. The molecule has 0 saturated carbocycles. The zero-order chi connectivity index (χ0) is 16.7. The molecule has 0 aromatic rings. The van der Waals surface area contributed by atoms with E-state index in [0.717, 1.165) is 11.8 Å². The molecule has 126 valence electrons. The van der Waals surface area contributed by atoms with Crippen LogP contribution in [0.4, 0.5) is 0 Å². The van der Waals surface area contributed by atoms with Crippen molar-refractivity contribution in [1.82, 2.24) is 0 Å². The first kappa shape index (κ1) is 20.7. The topological polar surface area (TPSA) is 0 Å². The zero-order valence-electron chi connectivity index (χ0n) is 16.5. The lowest BCUT2D eigenvalue weighted by atomic mass is 9.57. The van der Waals surface area contributed by atoms with Crippen molar-refractivity contribution in [2.45, 2.75) is 101 Å². The van der Waals surface area contributed by atoms with Gasteiger partial charge in [-0.25, -0.2) is 0 Å². The molecule has 0 nitrogen and oxygen atoms in total. The molecule has 0 fully saturated rings. The van der Waals surface area contributed by atoms with E-state index in [1.54, 1.807) is 0 Å². The Bertz CT molecular complexity index is 304. The predicted molar refractivity (Wildman–Crippen MR) is 98.7 cm³/mol. The second-order valence-electron chi connectivity index (χ2n) is 8.37. The van der Waals surface area contributed by atoms with Crippen molar-refractivity contribution in [3.8, 4) is 0 Å². The van der Waals surface area contributed by atoms with Gasteiger partial charge >= 0.3 is 0 Å². The summed E-state index contributed by atoms with van der Waals surface area (Å²) in [6.07, 6.45) is 10.3. The molecule has 0 saturated heterocycles. The van der Waals surface area contributed by atoms with Crippen LogP contribution in [0, 0.1) is 22.7 Å². The maximum absolute atomic E-state index is 2.55. The van der Waals surface area contributed by atoms with E-state index in [4.69, 9.17) is 0 Å². The molecule has 0 aliphatic heterocycles. The van der Waals surface area contributed by atoms with Crippen molar-refractivity contribution in [2.24, 2.45) is 22.7 Å². The van der Waals surface area contributed by atoms with Crippen LogP contribution in [0.15, 0.2) is 11.6 Å². The molecule has 0 bridgehead atoms. The molecule has 3 atom stereocenters.